The van der Waals surface area contributed by atoms with Crippen molar-refractivity contribution in [2.75, 3.05) is 12.3 Å². The van der Waals surface area contributed by atoms with Crippen LogP contribution in [0.3, 0.4) is 0 Å². The van der Waals surface area contributed by atoms with Gasteiger partial charge in [0.15, 0.2) is 9.84 Å². The molecule has 0 aliphatic heterocycles. The topological polar surface area (TPSA) is 136 Å². The monoisotopic (exact) mass is 668 g/mol. The molecule has 1 unspecified atom stereocenters. The summed E-state index contributed by atoms with van der Waals surface area (Å²) in [7, 11) is -3.76. The number of halogens is 2. The Morgan fingerprint density at radius 2 is 1.54 bits per heavy atom. The molecule has 3 N–H and O–H groups in total. The fourth-order valence-electron chi connectivity index (χ4n) is 5.10. The molecule has 0 aliphatic carbocycles. The fourth-order valence-corrected chi connectivity index (χ4v) is 7.20. The number of aryl methyl sites for hydroxylation is 1. The lowest BCUT2D eigenvalue weighted by atomic mass is 10.0. The minimum Gasteiger partial charge on any atom is -0.458 e. The number of nitrogens with two attached hydrogens (primary N) is 1. The van der Waals surface area contributed by atoms with Crippen LogP contribution < -0.4 is 5.73 Å². The summed E-state index contributed by atoms with van der Waals surface area (Å²) in [6.07, 6.45) is -1.22. The number of aliphatic hydroxyl groups excluding tert-OH is 1. The highest BCUT2D eigenvalue weighted by molar-refractivity contribution is 7.92. The van der Waals surface area contributed by atoms with Crippen molar-refractivity contribution in [3.63, 3.8) is 0 Å². The van der Waals surface area contributed by atoms with Gasteiger partial charge in [-0.25, -0.2) is 22.0 Å². The van der Waals surface area contributed by atoms with Crippen LogP contribution in [0.4, 0.5) is 13.6 Å². The molecule has 0 aromatic heterocycles. The second-order valence-electron chi connectivity index (χ2n) is 12.7. The van der Waals surface area contributed by atoms with Gasteiger partial charge in [-0.05, 0) is 68.9 Å². The predicted molar refractivity (Wildman–Crippen MR) is 174 cm³/mol. The van der Waals surface area contributed by atoms with Crippen molar-refractivity contribution in [2.24, 2.45) is 5.73 Å². The molecular weight excluding hydrogens is 618 g/mol. The Hall–Kier alpha value is -3.09. The number of ether oxygens (including phenoxy) is 2. The molecule has 0 saturated carbocycles. The predicted octanol–water partition coefficient (Wildman–Crippen LogP) is 5.49. The van der Waals surface area contributed by atoms with E-state index in [0.717, 1.165) is 29.7 Å². The van der Waals surface area contributed by atoms with E-state index in [0.29, 0.717) is 31.7 Å². The highest BCUT2D eigenvalue weighted by atomic mass is 32.2. The molecule has 0 bridgehead atoms. The van der Waals surface area contributed by atoms with Crippen LogP contribution in [-0.4, -0.2) is 71.9 Å². The summed E-state index contributed by atoms with van der Waals surface area (Å²) < 4.78 is 65.5. The van der Waals surface area contributed by atoms with Gasteiger partial charge in [-0.15, -0.1) is 0 Å². The minimum atomic E-state index is -3.76. The molecule has 46 heavy (non-hydrogen) atoms. The Bertz CT molecular complexity index is 1370. The Kier molecular flexibility index (Phi) is 15.1. The number of hydrogen-bond donors (Lipinski definition) is 2. The lowest BCUT2D eigenvalue weighted by Gasteiger charge is -2.32. The number of amides is 1. The molecule has 2 rings (SSSR count). The van der Waals surface area contributed by atoms with Crippen molar-refractivity contribution in [3.8, 4) is 0 Å². The van der Waals surface area contributed by atoms with E-state index in [1.54, 1.807) is 20.8 Å². The zero-order valence-corrected chi connectivity index (χ0v) is 28.6. The SMILES string of the molecule is CCCC(CCC)S(=O)(=O)CC(N)C(=O)O[C@@H](Cc1cc(F)cc(F)c1)[C@H](O)CN(Cc1cccc(CC)c1)C(=O)OC(C)(C)C. The van der Waals surface area contributed by atoms with Gasteiger partial charge in [-0.2, -0.15) is 0 Å². The van der Waals surface area contributed by atoms with Crippen molar-refractivity contribution < 1.29 is 41.4 Å². The molecule has 2 aromatic rings. The standard InChI is InChI=1S/C34H50F2N2O7S/c1-7-11-28(12-8-2)46(42,43)22-29(37)32(40)44-31(18-25-16-26(35)19-27(36)17-25)30(39)21-38(33(41)45-34(4,5)6)20-24-14-10-13-23(9-3)15-24/h10,13-17,19,28-31,39H,7-9,11-12,18,20-22,37H2,1-6H3/t29?,30-,31+/m1/s1. The lowest BCUT2D eigenvalue weighted by molar-refractivity contribution is -0.156. The van der Waals surface area contributed by atoms with Gasteiger partial charge in [-0.1, -0.05) is 57.9 Å². The van der Waals surface area contributed by atoms with Gasteiger partial charge in [0.25, 0.3) is 0 Å². The highest BCUT2D eigenvalue weighted by Gasteiger charge is 2.34. The molecule has 0 fully saturated rings. The summed E-state index contributed by atoms with van der Waals surface area (Å²) in [5.41, 5.74) is 7.04. The smallest absolute Gasteiger partial charge is 0.410 e. The number of benzene rings is 2. The molecule has 12 heteroatoms. The molecular formula is C34H50F2N2O7S. The van der Waals surface area contributed by atoms with Crippen LogP contribution in [-0.2, 0) is 43.5 Å². The summed E-state index contributed by atoms with van der Waals surface area (Å²) in [4.78, 5) is 27.7. The van der Waals surface area contributed by atoms with Gasteiger partial charge in [0.05, 0.1) is 17.5 Å². The number of sulfone groups is 1. The molecule has 0 radical (unpaired) electrons. The number of esters is 1. The summed E-state index contributed by atoms with van der Waals surface area (Å²) in [6.45, 7) is 10.5. The van der Waals surface area contributed by atoms with Gasteiger partial charge in [0, 0.05) is 19.0 Å². The summed E-state index contributed by atoms with van der Waals surface area (Å²) >= 11 is 0. The third-order valence-corrected chi connectivity index (χ3v) is 9.64. The van der Waals surface area contributed by atoms with E-state index in [-0.39, 0.29) is 25.1 Å². The zero-order valence-electron chi connectivity index (χ0n) is 27.8. The second kappa shape index (κ2) is 17.7. The van der Waals surface area contributed by atoms with Crippen LogP contribution in [0.15, 0.2) is 42.5 Å². The molecule has 258 valence electrons. The van der Waals surface area contributed by atoms with E-state index < -0.39 is 68.4 Å². The summed E-state index contributed by atoms with van der Waals surface area (Å²) in [6, 6.07) is 8.70. The molecule has 0 aliphatic rings. The van der Waals surface area contributed by atoms with Crippen LogP contribution in [0, 0.1) is 11.6 Å². The van der Waals surface area contributed by atoms with Crippen LogP contribution in [0.5, 0.6) is 0 Å². The largest absolute Gasteiger partial charge is 0.458 e. The molecule has 0 saturated heterocycles. The number of carbonyl (C=O) groups excluding carboxylic acids is 2. The maximum absolute atomic E-state index is 14.1. The summed E-state index contributed by atoms with van der Waals surface area (Å²) in [5, 5.41) is 10.8. The first-order valence-electron chi connectivity index (χ1n) is 15.8. The highest BCUT2D eigenvalue weighted by Crippen LogP contribution is 2.20. The molecule has 2 aromatic carbocycles. The Labute approximate surface area is 272 Å². The van der Waals surface area contributed by atoms with Gasteiger partial charge < -0.3 is 25.2 Å². The van der Waals surface area contributed by atoms with Gasteiger partial charge in [0.2, 0.25) is 0 Å². The molecule has 1 amide bonds. The molecule has 0 spiro atoms. The van der Waals surface area contributed by atoms with E-state index in [2.05, 4.69) is 0 Å². The van der Waals surface area contributed by atoms with Gasteiger partial charge in [-0.3, -0.25) is 4.79 Å². The number of carbonyl (C=O) groups is 2. The lowest BCUT2D eigenvalue weighted by Crippen LogP contribution is -2.48. The van der Waals surface area contributed by atoms with Crippen molar-refractivity contribution in [1.29, 1.82) is 0 Å². The molecule has 9 nitrogen and oxygen atoms in total. The third kappa shape index (κ3) is 13.0. The number of aliphatic hydroxyl groups is 1. The number of hydrogen-bond acceptors (Lipinski definition) is 8. The van der Waals surface area contributed by atoms with E-state index in [1.807, 2.05) is 45.0 Å². The summed E-state index contributed by atoms with van der Waals surface area (Å²) in [5.74, 6) is -3.51. The number of rotatable bonds is 17. The van der Waals surface area contributed by atoms with Gasteiger partial charge >= 0.3 is 12.1 Å². The maximum atomic E-state index is 14.1. The van der Waals surface area contributed by atoms with Crippen molar-refractivity contribution >= 4 is 21.9 Å². The number of nitrogens with zero attached hydrogens (tertiary/aromatic N) is 1. The fraction of sp³-hybridized carbons (Fsp3) is 0.588. The average molecular weight is 669 g/mol. The van der Waals surface area contributed by atoms with Crippen LogP contribution in [0.1, 0.15) is 83.9 Å². The van der Waals surface area contributed by atoms with E-state index in [9.17, 15) is 31.9 Å². The zero-order chi connectivity index (χ0) is 34.7. The van der Waals surface area contributed by atoms with E-state index in [4.69, 9.17) is 15.2 Å². The maximum Gasteiger partial charge on any atom is 0.410 e. The molecule has 0 heterocycles. The Morgan fingerprint density at radius 1 is 0.957 bits per heavy atom. The van der Waals surface area contributed by atoms with Gasteiger partial charge in [0.1, 0.15) is 35.5 Å². The molecule has 3 atom stereocenters. The first-order valence-corrected chi connectivity index (χ1v) is 17.6. The van der Waals surface area contributed by atoms with Crippen molar-refractivity contribution in [3.05, 3.63) is 70.8 Å². The first kappa shape index (κ1) is 39.1. The van der Waals surface area contributed by atoms with Crippen LogP contribution >= 0.6 is 0 Å². The quantitative estimate of drug-likeness (QED) is 0.211. The first-order chi connectivity index (χ1) is 21.5. The second-order valence-corrected chi connectivity index (χ2v) is 15.0. The van der Waals surface area contributed by atoms with Crippen molar-refractivity contribution in [2.45, 2.75) is 116 Å². The van der Waals surface area contributed by atoms with E-state index in [1.165, 1.54) is 4.90 Å². The Morgan fingerprint density at radius 3 is 2.09 bits per heavy atom. The average Bonchev–Trinajstić information content (AvgIpc) is 2.94. The van der Waals surface area contributed by atoms with Crippen LogP contribution in [0.2, 0.25) is 0 Å². The Balaban J connectivity index is 2.39. The minimum absolute atomic E-state index is 0.0447. The third-order valence-electron chi connectivity index (χ3n) is 7.33. The van der Waals surface area contributed by atoms with Crippen molar-refractivity contribution in [1.82, 2.24) is 4.90 Å². The van der Waals surface area contributed by atoms with E-state index >= 15 is 0 Å². The van der Waals surface area contributed by atoms with Crippen LogP contribution in [0.25, 0.3) is 0 Å². The normalized spacial score (nSPS) is 14.1.